The lowest BCUT2D eigenvalue weighted by Crippen LogP contribution is -2.59. The van der Waals surface area contributed by atoms with Gasteiger partial charge in [0.1, 0.15) is 5.69 Å². The summed E-state index contributed by atoms with van der Waals surface area (Å²) in [7, 11) is 0. The molecule has 2 aromatic heterocycles. The second-order valence-electron chi connectivity index (χ2n) is 7.53. The average molecular weight is 284 g/mol. The van der Waals surface area contributed by atoms with Crippen molar-refractivity contribution in [3.05, 3.63) is 24.1 Å². The number of rotatable bonds is 2. The molecule has 4 heteroatoms. The fourth-order valence-electron chi connectivity index (χ4n) is 5.54. The van der Waals surface area contributed by atoms with Gasteiger partial charge in [0.25, 0.3) is 5.91 Å². The number of nitrogens with one attached hydrogen (secondary N) is 2. The zero-order valence-corrected chi connectivity index (χ0v) is 12.0. The van der Waals surface area contributed by atoms with Crippen molar-refractivity contribution in [2.24, 2.45) is 17.8 Å². The Bertz CT molecular complexity index is 647. The molecule has 0 saturated heterocycles. The standard InChI is InChI=1S/C17H20N2O2/c20-16(14-6-15-13(18-14)1-2-21-15)19-17-7-10-3-11(8-17)5-12(4-10)9-17/h1-2,6,10-12,18H,3-5,7-9H2,(H,19,20). The van der Waals surface area contributed by atoms with Gasteiger partial charge >= 0.3 is 0 Å². The number of fused-ring (bicyclic) bond motifs is 1. The van der Waals surface area contributed by atoms with E-state index in [1.807, 2.05) is 12.1 Å². The normalized spacial score (nSPS) is 37.2. The van der Waals surface area contributed by atoms with Crippen LogP contribution in [-0.4, -0.2) is 16.4 Å². The van der Waals surface area contributed by atoms with Gasteiger partial charge in [0.05, 0.1) is 11.8 Å². The van der Waals surface area contributed by atoms with Crippen molar-refractivity contribution in [1.82, 2.24) is 10.3 Å². The number of hydrogen-bond acceptors (Lipinski definition) is 2. The van der Waals surface area contributed by atoms with Crippen LogP contribution in [0, 0.1) is 17.8 Å². The minimum atomic E-state index is 0.0309. The van der Waals surface area contributed by atoms with Gasteiger partial charge in [-0.2, -0.15) is 0 Å². The summed E-state index contributed by atoms with van der Waals surface area (Å²) in [6.45, 7) is 0. The van der Waals surface area contributed by atoms with Crippen molar-refractivity contribution in [3.8, 4) is 0 Å². The summed E-state index contributed by atoms with van der Waals surface area (Å²) < 4.78 is 5.33. The number of aromatic nitrogens is 1. The quantitative estimate of drug-likeness (QED) is 0.887. The first-order valence-electron chi connectivity index (χ1n) is 8.08. The van der Waals surface area contributed by atoms with Gasteiger partial charge < -0.3 is 14.7 Å². The van der Waals surface area contributed by atoms with E-state index in [4.69, 9.17) is 4.42 Å². The fourth-order valence-corrected chi connectivity index (χ4v) is 5.54. The van der Waals surface area contributed by atoms with E-state index in [1.165, 1.54) is 38.5 Å². The number of amides is 1. The minimum absolute atomic E-state index is 0.0309. The van der Waals surface area contributed by atoms with E-state index in [2.05, 4.69) is 10.3 Å². The molecule has 0 unspecified atom stereocenters. The maximum Gasteiger partial charge on any atom is 0.268 e. The lowest BCUT2D eigenvalue weighted by molar-refractivity contribution is -0.0167. The van der Waals surface area contributed by atoms with Crippen LogP contribution in [0.1, 0.15) is 49.0 Å². The molecule has 0 atom stereocenters. The third-order valence-corrected chi connectivity index (χ3v) is 5.90. The number of aromatic amines is 1. The first-order chi connectivity index (χ1) is 10.2. The van der Waals surface area contributed by atoms with E-state index >= 15 is 0 Å². The van der Waals surface area contributed by atoms with Gasteiger partial charge in [0.2, 0.25) is 0 Å². The molecule has 21 heavy (non-hydrogen) atoms. The number of H-pyrrole nitrogens is 1. The molecular formula is C17H20N2O2. The molecular weight excluding hydrogens is 264 g/mol. The van der Waals surface area contributed by atoms with Crippen LogP contribution in [0.2, 0.25) is 0 Å². The lowest BCUT2D eigenvalue weighted by atomic mass is 9.53. The van der Waals surface area contributed by atoms with Gasteiger partial charge in [-0.05, 0) is 56.3 Å². The van der Waals surface area contributed by atoms with Gasteiger partial charge in [0, 0.05) is 17.7 Å². The van der Waals surface area contributed by atoms with Crippen molar-refractivity contribution in [3.63, 3.8) is 0 Å². The van der Waals surface area contributed by atoms with Crippen molar-refractivity contribution >= 4 is 17.0 Å². The van der Waals surface area contributed by atoms with Crippen LogP contribution in [0.3, 0.4) is 0 Å². The van der Waals surface area contributed by atoms with Gasteiger partial charge in [-0.1, -0.05) is 0 Å². The summed E-state index contributed by atoms with van der Waals surface area (Å²) in [6.07, 6.45) is 9.37. The third-order valence-electron chi connectivity index (χ3n) is 5.90. The molecule has 1 amide bonds. The largest absolute Gasteiger partial charge is 0.463 e. The van der Waals surface area contributed by atoms with Crippen LogP contribution in [0.25, 0.3) is 11.1 Å². The molecule has 2 heterocycles. The number of carbonyl (C=O) groups excluding carboxylic acids is 1. The monoisotopic (exact) mass is 284 g/mol. The lowest BCUT2D eigenvalue weighted by Gasteiger charge is -2.56. The van der Waals surface area contributed by atoms with Crippen LogP contribution in [0.15, 0.2) is 22.8 Å². The molecule has 6 rings (SSSR count). The van der Waals surface area contributed by atoms with Crippen LogP contribution in [-0.2, 0) is 0 Å². The number of furan rings is 1. The van der Waals surface area contributed by atoms with Crippen molar-refractivity contribution in [2.45, 2.75) is 44.1 Å². The van der Waals surface area contributed by atoms with Crippen LogP contribution in [0.4, 0.5) is 0 Å². The molecule has 4 aliphatic rings. The summed E-state index contributed by atoms with van der Waals surface area (Å²) in [5.41, 5.74) is 2.34. The minimum Gasteiger partial charge on any atom is -0.463 e. The smallest absolute Gasteiger partial charge is 0.268 e. The SMILES string of the molecule is O=C(NC12CC3CC(CC(C3)C1)C2)c1cc2occc2[nH]1. The summed E-state index contributed by atoms with van der Waals surface area (Å²) in [5, 5.41) is 3.38. The molecule has 4 bridgehead atoms. The van der Waals surface area contributed by atoms with Gasteiger partial charge in [0.15, 0.2) is 5.58 Å². The fraction of sp³-hybridized carbons (Fsp3) is 0.588. The Morgan fingerprint density at radius 2 is 1.86 bits per heavy atom. The predicted molar refractivity (Wildman–Crippen MR) is 78.9 cm³/mol. The predicted octanol–water partition coefficient (Wildman–Crippen LogP) is 3.46. The average Bonchev–Trinajstić information content (AvgIpc) is 2.96. The maximum atomic E-state index is 12.6. The topological polar surface area (TPSA) is 58.0 Å². The molecule has 4 fully saturated rings. The summed E-state index contributed by atoms with van der Waals surface area (Å²) in [5.74, 6) is 2.56. The Morgan fingerprint density at radius 1 is 1.19 bits per heavy atom. The molecule has 2 aromatic rings. The van der Waals surface area contributed by atoms with E-state index in [0.29, 0.717) is 5.69 Å². The summed E-state index contributed by atoms with van der Waals surface area (Å²) >= 11 is 0. The van der Waals surface area contributed by atoms with E-state index in [-0.39, 0.29) is 11.4 Å². The molecule has 4 saturated carbocycles. The molecule has 2 N–H and O–H groups in total. The Balaban J connectivity index is 1.41. The number of carbonyl (C=O) groups is 1. The first kappa shape index (κ1) is 11.9. The molecule has 4 nitrogen and oxygen atoms in total. The van der Waals surface area contributed by atoms with Gasteiger partial charge in [-0.15, -0.1) is 0 Å². The number of hydrogen-bond donors (Lipinski definition) is 2. The highest BCUT2D eigenvalue weighted by Crippen LogP contribution is 2.55. The van der Waals surface area contributed by atoms with E-state index < -0.39 is 0 Å². The Hall–Kier alpha value is -1.71. The van der Waals surface area contributed by atoms with Crippen molar-refractivity contribution in [2.75, 3.05) is 0 Å². The molecule has 0 radical (unpaired) electrons. The maximum absolute atomic E-state index is 12.6. The summed E-state index contributed by atoms with van der Waals surface area (Å²) in [4.78, 5) is 15.8. The third kappa shape index (κ3) is 1.78. The molecule has 0 aliphatic heterocycles. The van der Waals surface area contributed by atoms with Gasteiger partial charge in [-0.25, -0.2) is 0 Å². The van der Waals surface area contributed by atoms with Crippen LogP contribution in [0.5, 0.6) is 0 Å². The second kappa shape index (κ2) is 3.93. The molecule has 0 spiro atoms. The highest BCUT2D eigenvalue weighted by Gasteiger charge is 2.51. The van der Waals surface area contributed by atoms with E-state index in [1.54, 1.807) is 6.26 Å². The van der Waals surface area contributed by atoms with Crippen LogP contribution >= 0.6 is 0 Å². The molecule has 110 valence electrons. The Kier molecular flexibility index (Phi) is 2.23. The van der Waals surface area contributed by atoms with Crippen LogP contribution < -0.4 is 5.32 Å². The molecule has 4 aliphatic carbocycles. The van der Waals surface area contributed by atoms with Crippen molar-refractivity contribution < 1.29 is 9.21 Å². The van der Waals surface area contributed by atoms with E-state index in [0.717, 1.165) is 28.9 Å². The highest BCUT2D eigenvalue weighted by atomic mass is 16.3. The van der Waals surface area contributed by atoms with Gasteiger partial charge in [-0.3, -0.25) is 4.79 Å². The summed E-state index contributed by atoms with van der Waals surface area (Å²) in [6, 6.07) is 3.67. The first-order valence-corrected chi connectivity index (χ1v) is 8.08. The Morgan fingerprint density at radius 3 is 2.48 bits per heavy atom. The zero-order valence-electron chi connectivity index (χ0n) is 12.0. The molecule has 0 aromatic carbocycles. The zero-order chi connectivity index (χ0) is 14.0. The van der Waals surface area contributed by atoms with Crippen molar-refractivity contribution in [1.29, 1.82) is 0 Å². The second-order valence-corrected chi connectivity index (χ2v) is 7.53. The highest BCUT2D eigenvalue weighted by molar-refractivity contribution is 5.97. The Labute approximate surface area is 123 Å². The van der Waals surface area contributed by atoms with E-state index in [9.17, 15) is 4.79 Å².